The third-order valence-electron chi connectivity index (χ3n) is 2.82. The molecule has 1 saturated carbocycles. The van der Waals surface area contributed by atoms with Crippen LogP contribution in [0.25, 0.3) is 0 Å². The zero-order chi connectivity index (χ0) is 16.0. The molecule has 0 unspecified atom stereocenters. The Kier molecular flexibility index (Phi) is 4.86. The molecule has 1 aliphatic carbocycles. The summed E-state index contributed by atoms with van der Waals surface area (Å²) in [6.45, 7) is -1.55. The minimum absolute atomic E-state index is 0.220. The molecule has 2 rings (SSSR count). The van der Waals surface area contributed by atoms with E-state index in [0.717, 1.165) is 0 Å². The zero-order valence-corrected chi connectivity index (χ0v) is 14.2. The number of hydrogen-bond donors (Lipinski definition) is 0. The zero-order valence-electron chi connectivity index (χ0n) is 10.3. The van der Waals surface area contributed by atoms with Crippen molar-refractivity contribution in [3.05, 3.63) is 26.7 Å². The first-order chi connectivity index (χ1) is 9.52. The molecule has 0 amide bonds. The van der Waals surface area contributed by atoms with Gasteiger partial charge in [-0.05, 0) is 25.0 Å². The molecule has 0 aromatic heterocycles. The smallest absolute Gasteiger partial charge is 0.207 e. The van der Waals surface area contributed by atoms with Gasteiger partial charge in [-0.2, -0.15) is 17.5 Å². The van der Waals surface area contributed by atoms with Crippen LogP contribution in [-0.2, 0) is 10.0 Å². The fourth-order valence-electron chi connectivity index (χ4n) is 1.84. The number of halogens is 6. The van der Waals surface area contributed by atoms with Gasteiger partial charge in [-0.15, -0.1) is 0 Å². The van der Waals surface area contributed by atoms with Gasteiger partial charge in [-0.1, -0.05) is 39.1 Å². The van der Waals surface area contributed by atoms with Crippen molar-refractivity contribution in [2.24, 2.45) is 0 Å². The molecule has 0 atom stereocenters. The highest BCUT2D eigenvalue weighted by Crippen LogP contribution is 2.40. The Bertz CT molecular complexity index is 639. The summed E-state index contributed by atoms with van der Waals surface area (Å²) in [5, 5.41) is -0.440. The average Bonchev–Trinajstić information content (AvgIpc) is 3.05. The van der Waals surface area contributed by atoms with E-state index in [0.29, 0.717) is 21.6 Å². The van der Waals surface area contributed by atoms with Gasteiger partial charge in [0, 0.05) is 10.5 Å². The quantitative estimate of drug-likeness (QED) is 0.712. The monoisotopic (exact) mass is 425 g/mol. The predicted octanol–water partition coefficient (Wildman–Crippen LogP) is 4.47. The first-order valence-corrected chi connectivity index (χ1v) is 8.74. The van der Waals surface area contributed by atoms with E-state index in [1.807, 2.05) is 0 Å². The van der Waals surface area contributed by atoms with Gasteiger partial charge in [-0.25, -0.2) is 8.42 Å². The van der Waals surface area contributed by atoms with Crippen molar-refractivity contribution >= 4 is 49.2 Å². The molecule has 0 radical (unpaired) electrons. The maximum Gasteiger partial charge on any atom is 0.402 e. The summed E-state index contributed by atoms with van der Waals surface area (Å²) in [6.07, 6.45) is -3.86. The molecule has 1 aromatic carbocycles. The summed E-state index contributed by atoms with van der Waals surface area (Å²) in [5.74, 6) is 0. The van der Waals surface area contributed by atoms with Crippen molar-refractivity contribution in [2.75, 3.05) is 6.54 Å². The Balaban J connectivity index is 2.49. The van der Waals surface area contributed by atoms with E-state index in [2.05, 4.69) is 15.9 Å². The highest BCUT2D eigenvalue weighted by Gasteiger charge is 2.45. The SMILES string of the molecule is O=S(=O)(c1c(Cl)cc(Br)cc1Cl)N(CC(F)(F)F)C1CC1. The summed E-state index contributed by atoms with van der Waals surface area (Å²) in [7, 11) is -4.42. The van der Waals surface area contributed by atoms with Gasteiger partial charge in [0.2, 0.25) is 10.0 Å². The topological polar surface area (TPSA) is 37.4 Å². The maximum absolute atomic E-state index is 12.6. The fourth-order valence-corrected chi connectivity index (χ4v) is 5.40. The third-order valence-corrected chi connectivity index (χ3v) is 6.10. The maximum atomic E-state index is 12.6. The third kappa shape index (κ3) is 4.04. The van der Waals surface area contributed by atoms with Crippen molar-refractivity contribution in [1.29, 1.82) is 0 Å². The van der Waals surface area contributed by atoms with E-state index in [4.69, 9.17) is 23.2 Å². The summed E-state index contributed by atoms with van der Waals surface area (Å²) in [6, 6.07) is 1.89. The summed E-state index contributed by atoms with van der Waals surface area (Å²) in [5.41, 5.74) is 0. The first-order valence-electron chi connectivity index (χ1n) is 5.75. The van der Waals surface area contributed by atoms with Crippen molar-refractivity contribution in [2.45, 2.75) is 30.0 Å². The molecular formula is C11H9BrCl2F3NO2S. The van der Waals surface area contributed by atoms with Gasteiger partial charge in [0.25, 0.3) is 0 Å². The van der Waals surface area contributed by atoms with Crippen LogP contribution in [0.4, 0.5) is 13.2 Å². The lowest BCUT2D eigenvalue weighted by Crippen LogP contribution is -2.40. The molecule has 10 heteroatoms. The fraction of sp³-hybridized carbons (Fsp3) is 0.455. The second-order valence-corrected chi connectivity index (χ2v) is 8.15. The highest BCUT2D eigenvalue weighted by molar-refractivity contribution is 9.10. The van der Waals surface area contributed by atoms with Crippen LogP contribution in [0.5, 0.6) is 0 Å². The number of hydrogen-bond acceptors (Lipinski definition) is 2. The number of rotatable bonds is 4. The van der Waals surface area contributed by atoms with Gasteiger partial charge < -0.3 is 0 Å². The van der Waals surface area contributed by atoms with Crippen LogP contribution in [-0.4, -0.2) is 31.5 Å². The predicted molar refractivity (Wildman–Crippen MR) is 77.1 cm³/mol. The van der Waals surface area contributed by atoms with Crippen LogP contribution >= 0.6 is 39.1 Å². The van der Waals surface area contributed by atoms with Crippen LogP contribution in [0.2, 0.25) is 10.0 Å². The Morgan fingerprint density at radius 3 is 2.10 bits per heavy atom. The Morgan fingerprint density at radius 1 is 1.24 bits per heavy atom. The highest BCUT2D eigenvalue weighted by atomic mass is 79.9. The van der Waals surface area contributed by atoms with Gasteiger partial charge in [-0.3, -0.25) is 0 Å². The van der Waals surface area contributed by atoms with Crippen molar-refractivity contribution in [1.82, 2.24) is 4.31 Å². The molecule has 0 N–H and O–H groups in total. The molecule has 118 valence electrons. The van der Waals surface area contributed by atoms with E-state index in [-0.39, 0.29) is 10.0 Å². The largest absolute Gasteiger partial charge is 0.402 e. The number of alkyl halides is 3. The van der Waals surface area contributed by atoms with Gasteiger partial charge in [0.05, 0.1) is 10.0 Å². The molecule has 3 nitrogen and oxygen atoms in total. The molecule has 1 fully saturated rings. The van der Waals surface area contributed by atoms with Gasteiger partial charge in [0.15, 0.2) is 0 Å². The Hall–Kier alpha value is -0.0200. The molecule has 1 aromatic rings. The summed E-state index contributed by atoms with van der Waals surface area (Å²) >= 11 is 14.8. The summed E-state index contributed by atoms with van der Waals surface area (Å²) in [4.78, 5) is -0.495. The van der Waals surface area contributed by atoms with Crippen LogP contribution in [0, 0.1) is 0 Å². The first kappa shape index (κ1) is 17.3. The van der Waals surface area contributed by atoms with Crippen molar-refractivity contribution in [3.8, 4) is 0 Å². The molecule has 0 spiro atoms. The number of nitrogens with zero attached hydrogens (tertiary/aromatic N) is 1. The lowest BCUT2D eigenvalue weighted by molar-refractivity contribution is -0.137. The van der Waals surface area contributed by atoms with E-state index in [1.165, 1.54) is 12.1 Å². The summed E-state index contributed by atoms with van der Waals surface area (Å²) < 4.78 is 63.7. The molecule has 0 saturated heterocycles. The van der Waals surface area contributed by atoms with Gasteiger partial charge in [0.1, 0.15) is 11.4 Å². The molecular weight excluding hydrogens is 418 g/mol. The lowest BCUT2D eigenvalue weighted by Gasteiger charge is -2.24. The normalized spacial score (nSPS) is 16.5. The van der Waals surface area contributed by atoms with Crippen LogP contribution in [0.15, 0.2) is 21.5 Å². The second kappa shape index (κ2) is 5.88. The molecule has 1 aliphatic rings. The molecule has 21 heavy (non-hydrogen) atoms. The lowest BCUT2D eigenvalue weighted by atomic mass is 10.4. The average molecular weight is 427 g/mol. The van der Waals surface area contributed by atoms with E-state index in [9.17, 15) is 21.6 Å². The second-order valence-electron chi connectivity index (χ2n) is 4.60. The minimum Gasteiger partial charge on any atom is -0.207 e. The molecule has 0 bridgehead atoms. The van der Waals surface area contributed by atoms with Crippen LogP contribution < -0.4 is 0 Å². The number of benzene rings is 1. The minimum atomic E-state index is -4.63. The molecule has 0 aliphatic heterocycles. The van der Waals surface area contributed by atoms with Crippen molar-refractivity contribution < 1.29 is 21.6 Å². The van der Waals surface area contributed by atoms with Gasteiger partial charge >= 0.3 is 6.18 Å². The van der Waals surface area contributed by atoms with E-state index < -0.39 is 33.7 Å². The van der Waals surface area contributed by atoms with E-state index >= 15 is 0 Å². The number of sulfonamides is 1. The Labute approximate surface area is 138 Å². The molecule has 0 heterocycles. The standard InChI is InChI=1S/C11H9BrCl2F3NO2S/c12-6-3-8(13)10(9(14)4-6)21(19,20)18(7-1-2-7)5-11(15,16)17/h3-4,7H,1-2,5H2. The Morgan fingerprint density at radius 2 is 1.71 bits per heavy atom. The van der Waals surface area contributed by atoms with Crippen LogP contribution in [0.1, 0.15) is 12.8 Å². The van der Waals surface area contributed by atoms with E-state index in [1.54, 1.807) is 0 Å². The van der Waals surface area contributed by atoms with Crippen LogP contribution in [0.3, 0.4) is 0 Å². The van der Waals surface area contributed by atoms with Crippen molar-refractivity contribution in [3.63, 3.8) is 0 Å².